The van der Waals surface area contributed by atoms with E-state index >= 15 is 0 Å². The molecule has 0 radical (unpaired) electrons. The van der Waals surface area contributed by atoms with E-state index in [0.29, 0.717) is 10.6 Å². The summed E-state index contributed by atoms with van der Waals surface area (Å²) in [5.41, 5.74) is 5.92. The van der Waals surface area contributed by atoms with Crippen LogP contribution in [0.1, 0.15) is 5.56 Å². The molecular formula is C11H8ClFN4O. The van der Waals surface area contributed by atoms with Gasteiger partial charge >= 0.3 is 6.01 Å². The molecule has 1 aromatic carbocycles. The van der Waals surface area contributed by atoms with Gasteiger partial charge in [-0.15, -0.1) is 0 Å². The van der Waals surface area contributed by atoms with Crippen molar-refractivity contribution < 1.29 is 9.23 Å². The van der Waals surface area contributed by atoms with Crippen molar-refractivity contribution in [2.45, 2.75) is 0 Å². The first-order valence-electron chi connectivity index (χ1n) is 4.90. The van der Waals surface area contributed by atoms with Crippen LogP contribution in [-0.2, 0) is 0 Å². The van der Waals surface area contributed by atoms with Gasteiger partial charge in [0.1, 0.15) is 0 Å². The number of nitrogens with two attached hydrogens (primary N) is 1. The molecule has 0 aliphatic rings. The Balaban J connectivity index is 2.07. The van der Waals surface area contributed by atoms with E-state index in [1.165, 1.54) is 6.21 Å². The van der Waals surface area contributed by atoms with Crippen LogP contribution in [-0.4, -0.2) is 16.2 Å². The Morgan fingerprint density at radius 1 is 1.39 bits per heavy atom. The molecule has 0 amide bonds. The Bertz CT molecular complexity index is 591. The Morgan fingerprint density at radius 2 is 2.17 bits per heavy atom. The van der Waals surface area contributed by atoms with Gasteiger partial charge in [-0.2, -0.15) is 9.97 Å². The molecule has 92 valence electrons. The zero-order valence-corrected chi connectivity index (χ0v) is 9.80. The number of halogens is 2. The van der Waals surface area contributed by atoms with E-state index in [9.17, 15) is 4.39 Å². The van der Waals surface area contributed by atoms with Crippen LogP contribution < -0.4 is 10.6 Å². The first-order chi connectivity index (χ1) is 8.66. The van der Waals surface area contributed by atoms with Crippen molar-refractivity contribution in [3.8, 4) is 6.01 Å². The van der Waals surface area contributed by atoms with E-state index < -0.39 is 5.82 Å². The molecule has 1 aromatic heterocycles. The molecule has 7 heteroatoms. The van der Waals surface area contributed by atoms with Gasteiger partial charge in [-0.05, 0) is 6.07 Å². The predicted molar refractivity (Wildman–Crippen MR) is 66.1 cm³/mol. The number of nitrogen functional groups attached to an aromatic ring is 1. The summed E-state index contributed by atoms with van der Waals surface area (Å²) in [6.45, 7) is 0. The van der Waals surface area contributed by atoms with Gasteiger partial charge < -0.3 is 10.6 Å². The molecule has 0 fully saturated rings. The summed E-state index contributed by atoms with van der Waals surface area (Å²) >= 11 is 5.90. The van der Waals surface area contributed by atoms with Crippen LogP contribution in [0.5, 0.6) is 6.01 Å². The van der Waals surface area contributed by atoms with Gasteiger partial charge in [-0.3, -0.25) is 0 Å². The van der Waals surface area contributed by atoms with Gasteiger partial charge in [-0.25, -0.2) is 4.39 Å². The third-order valence-corrected chi connectivity index (χ3v) is 2.32. The van der Waals surface area contributed by atoms with Crippen LogP contribution in [0.15, 0.2) is 35.6 Å². The number of aromatic nitrogens is 2. The van der Waals surface area contributed by atoms with Crippen molar-refractivity contribution in [3.63, 3.8) is 0 Å². The van der Waals surface area contributed by atoms with E-state index in [4.69, 9.17) is 22.2 Å². The minimum atomic E-state index is -0.711. The van der Waals surface area contributed by atoms with Crippen LogP contribution in [0.3, 0.4) is 0 Å². The third-order valence-electron chi connectivity index (χ3n) is 1.98. The van der Waals surface area contributed by atoms with Crippen molar-refractivity contribution in [1.29, 1.82) is 0 Å². The van der Waals surface area contributed by atoms with Gasteiger partial charge in [-0.1, -0.05) is 35.0 Å². The number of oxime groups is 1. The molecule has 0 aliphatic heterocycles. The molecule has 18 heavy (non-hydrogen) atoms. The van der Waals surface area contributed by atoms with E-state index in [0.717, 1.165) is 6.20 Å². The standard InChI is InChI=1S/C11H8ClFN4O/c12-8-4-2-1-3-7(8)5-16-18-11-15-6-9(13)10(14)17-11/h1-6H,(H2,14,15,17)/b16-5+. The second-order valence-electron chi connectivity index (χ2n) is 3.23. The summed E-state index contributed by atoms with van der Waals surface area (Å²) in [7, 11) is 0. The average molecular weight is 267 g/mol. The van der Waals surface area contributed by atoms with Crippen molar-refractivity contribution in [3.05, 3.63) is 46.9 Å². The summed E-state index contributed by atoms with van der Waals surface area (Å²) in [6, 6.07) is 6.94. The Labute approximate surface area is 107 Å². The van der Waals surface area contributed by atoms with Crippen molar-refractivity contribution in [2.24, 2.45) is 5.16 Å². The molecule has 0 saturated carbocycles. The molecule has 0 spiro atoms. The van der Waals surface area contributed by atoms with Crippen molar-refractivity contribution in [1.82, 2.24) is 9.97 Å². The summed E-state index contributed by atoms with van der Waals surface area (Å²) < 4.78 is 12.8. The lowest BCUT2D eigenvalue weighted by atomic mass is 10.2. The van der Waals surface area contributed by atoms with E-state index in [-0.39, 0.29) is 11.8 Å². The molecule has 2 rings (SSSR count). The lowest BCUT2D eigenvalue weighted by Crippen LogP contribution is -1.99. The zero-order valence-electron chi connectivity index (χ0n) is 9.05. The quantitative estimate of drug-likeness (QED) is 0.683. The van der Waals surface area contributed by atoms with Gasteiger partial charge in [0.2, 0.25) is 0 Å². The first kappa shape index (κ1) is 12.3. The fraction of sp³-hybridized carbons (Fsp3) is 0. The third kappa shape index (κ3) is 2.92. The molecular weight excluding hydrogens is 259 g/mol. The summed E-state index contributed by atoms with van der Waals surface area (Å²) in [5, 5.41) is 4.16. The maximum Gasteiger partial charge on any atom is 0.347 e. The Kier molecular flexibility index (Phi) is 3.69. The number of benzene rings is 1. The molecule has 5 nitrogen and oxygen atoms in total. The minimum Gasteiger partial charge on any atom is -0.381 e. The molecule has 0 atom stereocenters. The summed E-state index contributed by atoms with van der Waals surface area (Å²) in [6.07, 6.45) is 2.30. The largest absolute Gasteiger partial charge is 0.381 e. The first-order valence-corrected chi connectivity index (χ1v) is 5.27. The smallest absolute Gasteiger partial charge is 0.347 e. The van der Waals surface area contributed by atoms with Gasteiger partial charge in [0.05, 0.1) is 12.4 Å². The SMILES string of the molecule is Nc1nc(O/N=C/c2ccccc2Cl)ncc1F. The van der Waals surface area contributed by atoms with Crippen molar-refractivity contribution >= 4 is 23.6 Å². The number of nitrogens with zero attached hydrogens (tertiary/aromatic N) is 3. The van der Waals surface area contributed by atoms with Crippen LogP contribution in [0, 0.1) is 5.82 Å². The highest BCUT2D eigenvalue weighted by atomic mass is 35.5. The number of anilines is 1. The number of hydrogen-bond donors (Lipinski definition) is 1. The van der Waals surface area contributed by atoms with Crippen LogP contribution in [0.2, 0.25) is 5.02 Å². The zero-order chi connectivity index (χ0) is 13.0. The number of hydrogen-bond acceptors (Lipinski definition) is 5. The Hall–Kier alpha value is -2.21. The van der Waals surface area contributed by atoms with Gasteiger partial charge in [0, 0.05) is 10.6 Å². The average Bonchev–Trinajstić information content (AvgIpc) is 2.36. The van der Waals surface area contributed by atoms with E-state index in [1.54, 1.807) is 24.3 Å². The van der Waals surface area contributed by atoms with Gasteiger partial charge in [0.25, 0.3) is 0 Å². The summed E-state index contributed by atoms with van der Waals surface area (Å²) in [4.78, 5) is 11.9. The lowest BCUT2D eigenvalue weighted by molar-refractivity contribution is 0.314. The molecule has 1 heterocycles. The van der Waals surface area contributed by atoms with Crippen LogP contribution in [0.25, 0.3) is 0 Å². The van der Waals surface area contributed by atoms with E-state index in [1.807, 2.05) is 0 Å². The normalized spacial score (nSPS) is 10.8. The monoisotopic (exact) mass is 266 g/mol. The topological polar surface area (TPSA) is 73.4 Å². The van der Waals surface area contributed by atoms with Crippen molar-refractivity contribution in [2.75, 3.05) is 5.73 Å². The fourth-order valence-electron chi connectivity index (χ4n) is 1.12. The molecule has 0 bridgehead atoms. The molecule has 0 unspecified atom stereocenters. The number of rotatable bonds is 3. The summed E-state index contributed by atoms with van der Waals surface area (Å²) in [5.74, 6) is -1.01. The lowest BCUT2D eigenvalue weighted by Gasteiger charge is -1.98. The second-order valence-corrected chi connectivity index (χ2v) is 3.64. The molecule has 0 aliphatic carbocycles. The highest BCUT2D eigenvalue weighted by Gasteiger charge is 2.03. The van der Waals surface area contributed by atoms with Gasteiger partial charge in [0.15, 0.2) is 11.6 Å². The predicted octanol–water partition coefficient (Wildman–Crippen LogP) is 2.26. The van der Waals surface area contributed by atoms with Crippen LogP contribution in [0.4, 0.5) is 10.2 Å². The Morgan fingerprint density at radius 3 is 2.89 bits per heavy atom. The highest BCUT2D eigenvalue weighted by Crippen LogP contribution is 2.13. The molecule has 2 aromatic rings. The fourth-order valence-corrected chi connectivity index (χ4v) is 1.30. The highest BCUT2D eigenvalue weighted by molar-refractivity contribution is 6.33. The second kappa shape index (κ2) is 5.42. The van der Waals surface area contributed by atoms with Crippen LogP contribution >= 0.6 is 11.6 Å². The maximum absolute atomic E-state index is 12.8. The molecule has 0 saturated heterocycles. The maximum atomic E-state index is 12.8. The van der Waals surface area contributed by atoms with E-state index in [2.05, 4.69) is 15.1 Å². The molecule has 2 N–H and O–H groups in total. The minimum absolute atomic E-state index is 0.141.